The number of carbonyl (C=O) groups excluding carboxylic acids is 1. The molecule has 0 aliphatic rings. The molecular weight excluding hydrogens is 236 g/mol. The van der Waals surface area contributed by atoms with Crippen molar-refractivity contribution in [3.8, 4) is 0 Å². The summed E-state index contributed by atoms with van der Waals surface area (Å²) in [6.07, 6.45) is -0.00787. The number of carboxylic acid groups (broad SMARTS) is 1. The van der Waals surface area contributed by atoms with Crippen LogP contribution in [0.15, 0.2) is 0 Å². The van der Waals surface area contributed by atoms with E-state index in [1.54, 1.807) is 0 Å². The lowest BCUT2D eigenvalue weighted by Gasteiger charge is -2.50. The highest BCUT2D eigenvalue weighted by Gasteiger charge is 2.56. The van der Waals surface area contributed by atoms with Crippen LogP contribution in [0.4, 0.5) is 0 Å². The van der Waals surface area contributed by atoms with Gasteiger partial charge in [-0.1, -0.05) is 41.5 Å². The number of aliphatic carboxylic acids is 1. The van der Waals surface area contributed by atoms with Crippen LogP contribution >= 0.6 is 0 Å². The number of rotatable bonds is 4. The van der Waals surface area contributed by atoms with E-state index in [0.717, 1.165) is 0 Å². The highest BCUT2D eigenvalue weighted by molar-refractivity contribution is 5.78. The van der Waals surface area contributed by atoms with Crippen molar-refractivity contribution in [3.63, 3.8) is 0 Å². The molecule has 0 saturated carbocycles. The zero-order chi connectivity index (χ0) is 14.8. The Kier molecular flexibility index (Phi) is 4.94. The third-order valence-electron chi connectivity index (χ3n) is 3.73. The number of hydrogen-bond donors (Lipinski definition) is 2. The maximum absolute atomic E-state index is 11.8. The Bertz CT molecular complexity index is 305. The molecule has 0 aromatic heterocycles. The van der Waals surface area contributed by atoms with Gasteiger partial charge in [0.05, 0.1) is 5.41 Å². The van der Waals surface area contributed by atoms with Crippen LogP contribution in [-0.2, 0) is 14.5 Å². The van der Waals surface area contributed by atoms with E-state index < -0.39 is 28.2 Å². The molecule has 0 radical (unpaired) electrons. The van der Waals surface area contributed by atoms with Crippen LogP contribution in [-0.4, -0.2) is 22.3 Å². The Balaban J connectivity index is 5.53. The third kappa shape index (κ3) is 3.02. The summed E-state index contributed by atoms with van der Waals surface area (Å²) in [4.78, 5) is 26.5. The zero-order valence-electron chi connectivity index (χ0n) is 12.0. The molecule has 0 atom stereocenters. The summed E-state index contributed by atoms with van der Waals surface area (Å²) in [7, 11) is 0. The minimum Gasteiger partial charge on any atom is -0.481 e. The van der Waals surface area contributed by atoms with Gasteiger partial charge >= 0.3 is 11.9 Å². The monoisotopic (exact) mass is 260 g/mol. The molecule has 0 saturated heterocycles. The van der Waals surface area contributed by atoms with Gasteiger partial charge in [0.2, 0.25) is 0 Å². The average molecular weight is 260 g/mol. The van der Waals surface area contributed by atoms with E-state index in [4.69, 9.17) is 5.26 Å². The largest absolute Gasteiger partial charge is 0.481 e. The fraction of sp³-hybridized carbons (Fsp3) is 0.846. The molecule has 0 aromatic rings. The Morgan fingerprint density at radius 2 is 1.39 bits per heavy atom. The highest BCUT2D eigenvalue weighted by atomic mass is 17.1. The van der Waals surface area contributed by atoms with Gasteiger partial charge in [-0.15, -0.1) is 0 Å². The van der Waals surface area contributed by atoms with Crippen molar-refractivity contribution in [3.05, 3.63) is 0 Å². The van der Waals surface area contributed by atoms with Gasteiger partial charge in [-0.05, 0) is 17.3 Å². The Morgan fingerprint density at radius 1 is 1.00 bits per heavy atom. The van der Waals surface area contributed by atoms with Crippen molar-refractivity contribution < 1.29 is 24.8 Å². The summed E-state index contributed by atoms with van der Waals surface area (Å²) in [6, 6.07) is 0. The first-order valence-electron chi connectivity index (χ1n) is 5.98. The van der Waals surface area contributed by atoms with E-state index in [1.807, 2.05) is 41.5 Å². The van der Waals surface area contributed by atoms with Crippen molar-refractivity contribution in [1.82, 2.24) is 0 Å². The zero-order valence-corrected chi connectivity index (χ0v) is 12.0. The molecule has 0 aliphatic carbocycles. The summed E-state index contributed by atoms with van der Waals surface area (Å²) in [6.45, 7) is 11.1. The molecule has 0 unspecified atom stereocenters. The molecule has 18 heavy (non-hydrogen) atoms. The van der Waals surface area contributed by atoms with Crippen LogP contribution in [0.1, 0.15) is 54.4 Å². The predicted molar refractivity (Wildman–Crippen MR) is 66.9 cm³/mol. The molecule has 0 heterocycles. The van der Waals surface area contributed by atoms with Gasteiger partial charge in [0.15, 0.2) is 0 Å². The van der Waals surface area contributed by atoms with Crippen molar-refractivity contribution in [2.45, 2.75) is 54.4 Å². The predicted octanol–water partition coefficient (Wildman–Crippen LogP) is 2.95. The molecule has 0 fully saturated rings. The fourth-order valence-corrected chi connectivity index (χ4v) is 2.96. The summed E-state index contributed by atoms with van der Waals surface area (Å²) in [5.41, 5.74) is -2.16. The molecule has 0 aliphatic heterocycles. The smallest absolute Gasteiger partial charge is 0.342 e. The van der Waals surface area contributed by atoms with Crippen LogP contribution in [0, 0.1) is 16.2 Å². The van der Waals surface area contributed by atoms with Crippen LogP contribution in [0.5, 0.6) is 0 Å². The summed E-state index contributed by atoms with van der Waals surface area (Å²) < 4.78 is 0. The molecule has 106 valence electrons. The van der Waals surface area contributed by atoms with Gasteiger partial charge in [0, 0.05) is 6.42 Å². The molecule has 0 aromatic carbocycles. The van der Waals surface area contributed by atoms with Crippen molar-refractivity contribution >= 4 is 11.9 Å². The van der Waals surface area contributed by atoms with Gasteiger partial charge in [0.1, 0.15) is 0 Å². The second-order valence-corrected chi connectivity index (χ2v) is 6.67. The minimum atomic E-state index is -1.09. The molecule has 0 bridgehead atoms. The first kappa shape index (κ1) is 16.9. The van der Waals surface area contributed by atoms with E-state index in [2.05, 4.69) is 4.89 Å². The molecule has 2 N–H and O–H groups in total. The van der Waals surface area contributed by atoms with Crippen molar-refractivity contribution in [1.29, 1.82) is 0 Å². The average Bonchev–Trinajstić information content (AvgIpc) is 2.12. The first-order valence-corrected chi connectivity index (χ1v) is 5.98. The molecule has 5 nitrogen and oxygen atoms in total. The second-order valence-electron chi connectivity index (χ2n) is 6.67. The highest BCUT2D eigenvalue weighted by Crippen LogP contribution is 2.54. The van der Waals surface area contributed by atoms with Crippen molar-refractivity contribution in [2.24, 2.45) is 16.2 Å². The standard InChI is InChI=1S/C13H24O5/c1-11(2,3)13(10(15)16,12(4,5)6)8-7-9(14)18-17/h17H,7-8H2,1-6H3,(H,15,16). The third-order valence-corrected chi connectivity index (χ3v) is 3.73. The summed E-state index contributed by atoms with van der Waals surface area (Å²) >= 11 is 0. The van der Waals surface area contributed by atoms with E-state index >= 15 is 0 Å². The Morgan fingerprint density at radius 3 is 1.61 bits per heavy atom. The molecule has 5 heteroatoms. The van der Waals surface area contributed by atoms with Crippen LogP contribution in [0.2, 0.25) is 0 Å². The van der Waals surface area contributed by atoms with Crippen molar-refractivity contribution in [2.75, 3.05) is 0 Å². The lowest BCUT2D eigenvalue weighted by Crippen LogP contribution is -2.52. The van der Waals surface area contributed by atoms with Gasteiger partial charge in [-0.25, -0.2) is 4.79 Å². The van der Waals surface area contributed by atoms with Crippen LogP contribution < -0.4 is 0 Å². The van der Waals surface area contributed by atoms with Gasteiger partial charge < -0.3 is 9.99 Å². The minimum absolute atomic E-state index is 0.120. The van der Waals surface area contributed by atoms with Crippen LogP contribution in [0.3, 0.4) is 0 Å². The quantitative estimate of drug-likeness (QED) is 0.599. The number of hydrogen-bond acceptors (Lipinski definition) is 4. The van der Waals surface area contributed by atoms with Gasteiger partial charge in [0.25, 0.3) is 0 Å². The lowest BCUT2D eigenvalue weighted by molar-refractivity contribution is -0.235. The van der Waals surface area contributed by atoms with Crippen LogP contribution in [0.25, 0.3) is 0 Å². The molecule has 0 spiro atoms. The summed E-state index contributed by atoms with van der Waals surface area (Å²) in [5, 5.41) is 17.9. The SMILES string of the molecule is CC(C)(C)C(CCC(=O)OO)(C(=O)O)C(C)(C)C. The van der Waals surface area contributed by atoms with Gasteiger partial charge in [-0.2, -0.15) is 5.26 Å². The first-order chi connectivity index (χ1) is 7.90. The molecular formula is C13H24O5. The Labute approximate surface area is 108 Å². The lowest BCUT2D eigenvalue weighted by atomic mass is 9.52. The molecule has 0 rings (SSSR count). The van der Waals surface area contributed by atoms with Gasteiger partial charge in [-0.3, -0.25) is 4.79 Å². The maximum Gasteiger partial charge on any atom is 0.342 e. The number of carboxylic acids is 1. The van der Waals surface area contributed by atoms with E-state index in [0.29, 0.717) is 0 Å². The Hall–Kier alpha value is -1.10. The second kappa shape index (κ2) is 5.26. The fourth-order valence-electron chi connectivity index (χ4n) is 2.96. The van der Waals surface area contributed by atoms with E-state index in [9.17, 15) is 14.7 Å². The maximum atomic E-state index is 11.8. The summed E-state index contributed by atoms with van der Waals surface area (Å²) in [5.74, 6) is -1.75. The topological polar surface area (TPSA) is 83.8 Å². The van der Waals surface area contributed by atoms with E-state index in [1.165, 1.54) is 0 Å². The molecule has 0 amide bonds. The van der Waals surface area contributed by atoms with E-state index in [-0.39, 0.29) is 12.8 Å². The number of carbonyl (C=O) groups is 2. The normalized spacial score (nSPS) is 13.3.